The van der Waals surface area contributed by atoms with Gasteiger partial charge < -0.3 is 14.2 Å². The molecule has 1 aromatic heterocycles. The molecule has 0 amide bonds. The Morgan fingerprint density at radius 1 is 1.10 bits per heavy atom. The van der Waals surface area contributed by atoms with E-state index in [1.165, 1.54) is 18.8 Å². The minimum atomic E-state index is -4.50. The van der Waals surface area contributed by atoms with Gasteiger partial charge in [0, 0.05) is 24.1 Å². The van der Waals surface area contributed by atoms with Crippen molar-refractivity contribution in [1.82, 2.24) is 10.1 Å². The van der Waals surface area contributed by atoms with Crippen molar-refractivity contribution >= 4 is 24.6 Å². The maximum Gasteiger partial charge on any atom is 0.416 e. The molecule has 1 heterocycles. The second kappa shape index (κ2) is 8.20. The Morgan fingerprint density at radius 3 is 2.26 bits per heavy atom. The molecule has 1 unspecified atom stereocenters. The predicted octanol–water partition coefficient (Wildman–Crippen LogP) is 6.70. The number of halogens is 7. The summed E-state index contributed by atoms with van der Waals surface area (Å²) >= 11 is 4.79. The lowest BCUT2D eigenvalue weighted by Crippen LogP contribution is -2.05. The average molecular weight is 484 g/mol. The second-order valence-corrected chi connectivity index (χ2v) is 9.89. The molecule has 31 heavy (non-hydrogen) atoms. The maximum atomic E-state index is 14.5. The smallest absolute Gasteiger partial charge is 0.336 e. The van der Waals surface area contributed by atoms with E-state index < -0.39 is 36.1 Å². The van der Waals surface area contributed by atoms with Crippen molar-refractivity contribution < 1.29 is 35.4 Å². The van der Waals surface area contributed by atoms with Crippen molar-refractivity contribution in [3.63, 3.8) is 0 Å². The lowest BCUT2D eigenvalue weighted by atomic mass is 10.1. The molecule has 0 radical (unpaired) electrons. The molecule has 0 saturated carbocycles. The fraction of sp³-hybridized carbons (Fsp3) is 0.222. The highest BCUT2D eigenvalue weighted by Gasteiger charge is 2.36. The maximum absolute atomic E-state index is 14.5. The van der Waals surface area contributed by atoms with E-state index in [2.05, 4.69) is 19.8 Å². The zero-order valence-electron chi connectivity index (χ0n) is 15.6. The van der Waals surface area contributed by atoms with Crippen LogP contribution in [0.1, 0.15) is 17.0 Å². The Balaban J connectivity index is 1.74. The van der Waals surface area contributed by atoms with Crippen LogP contribution in [0.15, 0.2) is 47.0 Å². The quantitative estimate of drug-likeness (QED) is 0.240. The van der Waals surface area contributed by atoms with Gasteiger partial charge in [0.05, 0.1) is 5.56 Å². The minimum Gasteiger partial charge on any atom is -0.336 e. The first-order valence-corrected chi connectivity index (χ1v) is 11.2. The van der Waals surface area contributed by atoms with Crippen LogP contribution in [-0.4, -0.2) is 16.8 Å². The molecular formula is C18H13ClF6N3O2P. The van der Waals surface area contributed by atoms with Crippen LogP contribution in [0.3, 0.4) is 0 Å². The first-order chi connectivity index (χ1) is 14.2. The lowest BCUT2D eigenvalue weighted by molar-refractivity contribution is -0.137. The molecule has 3 rings (SSSR count). The van der Waals surface area contributed by atoms with Crippen LogP contribution in [0.4, 0.5) is 32.0 Å². The first kappa shape index (κ1) is 23.1. The summed E-state index contributed by atoms with van der Waals surface area (Å²) in [6.45, 7) is 1.31. The number of rotatable bonds is 6. The van der Waals surface area contributed by atoms with Crippen LogP contribution in [0.25, 0.3) is 11.4 Å². The number of anilines is 1. The van der Waals surface area contributed by atoms with Gasteiger partial charge in [-0.05, 0) is 47.5 Å². The van der Waals surface area contributed by atoms with Gasteiger partial charge in [0.25, 0.3) is 0 Å². The van der Waals surface area contributed by atoms with Gasteiger partial charge in [0.15, 0.2) is 7.29 Å². The summed E-state index contributed by atoms with van der Waals surface area (Å²) in [5, 5.41) is 2.06. The summed E-state index contributed by atoms with van der Waals surface area (Å²) in [5.41, 5.74) is -0.626. The summed E-state index contributed by atoms with van der Waals surface area (Å²) < 4.78 is 95.5. The molecule has 0 spiro atoms. The molecule has 166 valence electrons. The third kappa shape index (κ3) is 5.80. The van der Waals surface area contributed by atoms with Crippen LogP contribution in [0.5, 0.6) is 0 Å². The van der Waals surface area contributed by atoms with E-state index in [-0.39, 0.29) is 28.8 Å². The van der Waals surface area contributed by atoms with Crippen LogP contribution < -0.4 is 5.09 Å². The highest BCUT2D eigenvalue weighted by molar-refractivity contribution is 7.63. The Labute approximate surface area is 176 Å². The molecule has 1 atom stereocenters. The molecule has 0 aliphatic rings. The second-order valence-electron chi connectivity index (χ2n) is 6.67. The predicted molar refractivity (Wildman–Crippen MR) is 102 cm³/mol. The number of alkyl halides is 6. The topological polar surface area (TPSA) is 68.0 Å². The van der Waals surface area contributed by atoms with Crippen LogP contribution in [-0.2, 0) is 22.3 Å². The zero-order valence-corrected chi connectivity index (χ0v) is 17.2. The van der Waals surface area contributed by atoms with Gasteiger partial charge >= 0.3 is 17.4 Å². The van der Waals surface area contributed by atoms with Crippen molar-refractivity contribution in [2.24, 2.45) is 0 Å². The molecule has 13 heteroatoms. The Kier molecular flexibility index (Phi) is 6.12. The number of hydrogen-bond acceptors (Lipinski definition) is 4. The van der Waals surface area contributed by atoms with Gasteiger partial charge in [-0.1, -0.05) is 17.3 Å². The Morgan fingerprint density at radius 2 is 1.74 bits per heavy atom. The van der Waals surface area contributed by atoms with Crippen molar-refractivity contribution in [2.75, 3.05) is 11.8 Å². The number of nitrogens with zero attached hydrogens (tertiary/aromatic N) is 2. The zero-order chi connectivity index (χ0) is 23.0. The number of benzene rings is 2. The van der Waals surface area contributed by atoms with E-state index in [1.54, 1.807) is 0 Å². The third-order valence-electron chi connectivity index (χ3n) is 4.03. The molecular weight excluding hydrogens is 471 g/mol. The third-order valence-corrected chi connectivity index (χ3v) is 5.87. The van der Waals surface area contributed by atoms with Crippen LogP contribution >= 0.6 is 18.9 Å². The highest BCUT2D eigenvalue weighted by atomic mass is 35.5. The number of aromatic nitrogens is 2. The van der Waals surface area contributed by atoms with E-state index in [0.29, 0.717) is 0 Å². The average Bonchev–Trinajstić information content (AvgIpc) is 3.13. The molecule has 5 nitrogen and oxygen atoms in total. The minimum absolute atomic E-state index is 0.0267. The summed E-state index contributed by atoms with van der Waals surface area (Å²) in [6.07, 6.45) is -4.77. The van der Waals surface area contributed by atoms with E-state index in [9.17, 15) is 30.9 Å². The molecule has 0 aliphatic carbocycles. The van der Waals surface area contributed by atoms with Gasteiger partial charge in [0.2, 0.25) is 5.82 Å². The molecule has 2 aromatic carbocycles. The first-order valence-electron chi connectivity index (χ1n) is 8.46. The van der Waals surface area contributed by atoms with Gasteiger partial charge in [0.1, 0.15) is 5.82 Å². The Bertz CT molecular complexity index is 1130. The summed E-state index contributed by atoms with van der Waals surface area (Å²) in [4.78, 5) is 3.40. The molecule has 1 N–H and O–H groups in total. The van der Waals surface area contributed by atoms with Crippen molar-refractivity contribution in [2.45, 2.75) is 17.7 Å². The molecule has 3 aromatic rings. The van der Waals surface area contributed by atoms with Gasteiger partial charge in [-0.3, -0.25) is 0 Å². The normalized spacial score (nSPS) is 14.3. The number of nitrogens with one attached hydrogen (secondary N) is 1. The van der Waals surface area contributed by atoms with Crippen molar-refractivity contribution in [1.29, 1.82) is 0 Å². The summed E-state index contributed by atoms with van der Waals surface area (Å²) in [6, 6.07) is 7.45. The van der Waals surface area contributed by atoms with E-state index in [0.717, 1.165) is 30.3 Å². The largest absolute Gasteiger partial charge is 0.416 e. The van der Waals surface area contributed by atoms with Gasteiger partial charge in [-0.2, -0.15) is 26.9 Å². The highest BCUT2D eigenvalue weighted by Crippen LogP contribution is 2.46. The fourth-order valence-electron chi connectivity index (χ4n) is 2.64. The van der Waals surface area contributed by atoms with Crippen molar-refractivity contribution in [3.05, 3.63) is 65.3 Å². The van der Waals surface area contributed by atoms with E-state index in [1.807, 2.05) is 0 Å². The van der Waals surface area contributed by atoms with E-state index >= 15 is 0 Å². The SMILES string of the molecule is CP(=O)(Cc1ccc(-c2noc(C(F)(F)Cl)n2)cc1F)Nc1ccc(C(F)(F)F)cc1. The summed E-state index contributed by atoms with van der Waals surface area (Å²) in [7, 11) is -3.26. The van der Waals surface area contributed by atoms with E-state index in [4.69, 9.17) is 11.6 Å². The standard InChI is InChI=1S/C18H13ClF6N3O2P/c1-31(29,28-13-6-4-12(5-7-13)18(23,24)25)9-11-3-2-10(8-14(11)20)15-26-16(30-27-15)17(19,21)22/h2-8H,9H2,1H3,(H,28,29). The monoisotopic (exact) mass is 483 g/mol. The molecule has 0 bridgehead atoms. The van der Waals surface area contributed by atoms with Crippen LogP contribution in [0, 0.1) is 5.82 Å². The molecule has 0 fully saturated rings. The fourth-order valence-corrected chi connectivity index (χ4v) is 4.40. The molecule has 0 aliphatic heterocycles. The summed E-state index contributed by atoms with van der Waals surface area (Å²) in [5.74, 6) is -2.27. The lowest BCUT2D eigenvalue weighted by Gasteiger charge is -2.17. The Hall–Kier alpha value is -2.52. The van der Waals surface area contributed by atoms with Crippen LogP contribution in [0.2, 0.25) is 0 Å². The van der Waals surface area contributed by atoms with Gasteiger partial charge in [-0.25, -0.2) is 4.39 Å². The van der Waals surface area contributed by atoms with Crippen molar-refractivity contribution in [3.8, 4) is 11.4 Å². The number of hydrogen-bond donors (Lipinski definition) is 1. The molecule has 0 saturated heterocycles. The van der Waals surface area contributed by atoms with Gasteiger partial charge in [-0.15, -0.1) is 0 Å².